The lowest BCUT2D eigenvalue weighted by atomic mass is 9.91. The van der Waals surface area contributed by atoms with E-state index < -0.39 is 4.92 Å². The number of non-ortho nitro benzene ring substituents is 1. The molecule has 0 amide bonds. The Morgan fingerprint density at radius 1 is 0.944 bits per heavy atom. The molecule has 0 saturated heterocycles. The third kappa shape index (κ3) is 3.30. The number of hydrogen-bond acceptors (Lipinski definition) is 7. The average Bonchev–Trinajstić information content (AvgIpc) is 3.49. The fraction of sp³-hybridized carbons (Fsp3) is 0.0357. The van der Waals surface area contributed by atoms with Crippen LogP contribution in [0, 0.1) is 21.4 Å². The average molecular weight is 473 g/mol. The van der Waals surface area contributed by atoms with Gasteiger partial charge in [-0.05, 0) is 29.3 Å². The molecule has 1 aromatic heterocycles. The fourth-order valence-electron chi connectivity index (χ4n) is 4.53. The minimum absolute atomic E-state index is 0.0415. The molecule has 0 fully saturated rings. The van der Waals surface area contributed by atoms with Gasteiger partial charge in [0, 0.05) is 28.8 Å². The number of carbonyl (C=O) groups excluding carboxylic acids is 1. The van der Waals surface area contributed by atoms with Gasteiger partial charge in [0.1, 0.15) is 6.07 Å². The molecule has 4 aromatic rings. The molecule has 0 bridgehead atoms. The number of ketones is 1. The van der Waals surface area contributed by atoms with E-state index in [1.165, 1.54) is 12.1 Å². The van der Waals surface area contributed by atoms with Crippen molar-refractivity contribution in [1.29, 1.82) is 5.26 Å². The molecule has 0 unspecified atom stereocenters. The number of fused-ring (bicyclic) bond motifs is 4. The summed E-state index contributed by atoms with van der Waals surface area (Å²) in [6, 6.07) is 20.9. The fourth-order valence-corrected chi connectivity index (χ4v) is 4.53. The van der Waals surface area contributed by atoms with Crippen LogP contribution >= 0.6 is 0 Å². The molecular weight excluding hydrogens is 458 g/mol. The van der Waals surface area contributed by atoms with Crippen molar-refractivity contribution in [3.8, 4) is 40.0 Å². The summed E-state index contributed by atoms with van der Waals surface area (Å²) in [5.74, 6) is 0.911. The lowest BCUT2D eigenvalue weighted by Gasteiger charge is -2.13. The summed E-state index contributed by atoms with van der Waals surface area (Å²) >= 11 is 0. The molecule has 1 aliphatic carbocycles. The van der Waals surface area contributed by atoms with E-state index in [4.69, 9.17) is 14.5 Å². The molecular formula is C28H15N3O5. The zero-order valence-corrected chi connectivity index (χ0v) is 18.6. The van der Waals surface area contributed by atoms with Gasteiger partial charge < -0.3 is 9.47 Å². The Morgan fingerprint density at radius 2 is 1.75 bits per heavy atom. The monoisotopic (exact) mass is 473 g/mol. The zero-order chi connectivity index (χ0) is 24.8. The molecule has 0 spiro atoms. The Bertz CT molecular complexity index is 1680. The van der Waals surface area contributed by atoms with Crippen LogP contribution < -0.4 is 9.47 Å². The number of carbonyl (C=O) groups is 1. The van der Waals surface area contributed by atoms with Crippen molar-refractivity contribution in [2.45, 2.75) is 0 Å². The maximum atomic E-state index is 13.5. The molecule has 3 aromatic carbocycles. The van der Waals surface area contributed by atoms with E-state index in [1.807, 2.05) is 12.1 Å². The number of aromatic nitrogens is 1. The molecule has 2 aliphatic rings. The molecule has 2 heterocycles. The van der Waals surface area contributed by atoms with Crippen LogP contribution in [0.4, 0.5) is 5.69 Å². The van der Waals surface area contributed by atoms with Gasteiger partial charge in [0.2, 0.25) is 6.79 Å². The van der Waals surface area contributed by atoms with E-state index in [1.54, 1.807) is 54.6 Å². The van der Waals surface area contributed by atoms with Crippen molar-refractivity contribution in [2.24, 2.45) is 0 Å². The molecule has 0 saturated carbocycles. The van der Waals surface area contributed by atoms with Crippen molar-refractivity contribution in [2.75, 3.05) is 6.79 Å². The Balaban J connectivity index is 1.59. The summed E-state index contributed by atoms with van der Waals surface area (Å²) in [6.07, 6.45) is 3.30. The molecule has 1 aliphatic heterocycles. The Morgan fingerprint density at radius 3 is 2.56 bits per heavy atom. The van der Waals surface area contributed by atoms with Crippen LogP contribution in [-0.4, -0.2) is 22.5 Å². The first-order chi connectivity index (χ1) is 17.5. The first kappa shape index (κ1) is 21.3. The molecule has 8 heteroatoms. The van der Waals surface area contributed by atoms with Crippen LogP contribution in [0.1, 0.15) is 32.7 Å². The summed E-state index contributed by atoms with van der Waals surface area (Å²) in [5, 5.41) is 21.4. The van der Waals surface area contributed by atoms with Gasteiger partial charge >= 0.3 is 0 Å². The highest BCUT2D eigenvalue weighted by molar-refractivity contribution is 6.24. The van der Waals surface area contributed by atoms with Crippen LogP contribution in [0.25, 0.3) is 34.5 Å². The normalized spacial score (nSPS) is 12.9. The second kappa shape index (κ2) is 8.18. The van der Waals surface area contributed by atoms with Crippen LogP contribution in [0.3, 0.4) is 0 Å². The van der Waals surface area contributed by atoms with Gasteiger partial charge in [-0.2, -0.15) is 5.26 Å². The van der Waals surface area contributed by atoms with Crippen molar-refractivity contribution >= 4 is 23.6 Å². The number of ether oxygens (including phenoxy) is 2. The molecule has 6 rings (SSSR count). The summed E-state index contributed by atoms with van der Waals surface area (Å²) in [5.41, 5.74) is 4.24. The maximum absolute atomic E-state index is 13.5. The highest BCUT2D eigenvalue weighted by Gasteiger charge is 2.34. The third-order valence-electron chi connectivity index (χ3n) is 6.17. The highest BCUT2D eigenvalue weighted by Crippen LogP contribution is 2.45. The van der Waals surface area contributed by atoms with Crippen molar-refractivity contribution in [1.82, 2.24) is 4.98 Å². The number of nitro groups is 1. The number of hydrogen-bond donors (Lipinski definition) is 0. The molecule has 172 valence electrons. The number of benzene rings is 3. The Labute approximate surface area is 204 Å². The topological polar surface area (TPSA) is 115 Å². The van der Waals surface area contributed by atoms with E-state index in [9.17, 15) is 20.2 Å². The predicted octanol–water partition coefficient (Wildman–Crippen LogP) is 5.64. The summed E-state index contributed by atoms with van der Waals surface area (Å²) in [4.78, 5) is 28.9. The summed E-state index contributed by atoms with van der Waals surface area (Å²) in [7, 11) is 0. The van der Waals surface area contributed by atoms with Crippen LogP contribution in [-0.2, 0) is 0 Å². The standard InChI is InChI=1S/C28H15N3O5/c29-14-21-22(10-8-16-4-3-5-18(12-16)31(33)34)30-27-19-6-1-2-7-20(19)28(32)26(27)25(21)17-9-11-23-24(13-17)36-15-35-23/h1-13H,15H2/b10-8+. The smallest absolute Gasteiger partial charge is 0.270 e. The number of pyridine rings is 1. The van der Waals surface area contributed by atoms with E-state index in [0.717, 1.165) is 0 Å². The van der Waals surface area contributed by atoms with Gasteiger partial charge in [-0.1, -0.05) is 48.5 Å². The SMILES string of the molecule is N#Cc1c(/C=C/c2cccc([N+](=O)[O-])c2)nc2c(c1-c1ccc3c(c1)OCO3)C(=O)c1ccccc1-2. The Hall–Kier alpha value is -5.29. The van der Waals surface area contributed by atoms with E-state index in [2.05, 4.69) is 6.07 Å². The first-order valence-corrected chi connectivity index (χ1v) is 11.0. The number of nitriles is 1. The van der Waals surface area contributed by atoms with Crippen LogP contribution in [0.5, 0.6) is 11.5 Å². The predicted molar refractivity (Wildman–Crippen MR) is 131 cm³/mol. The minimum Gasteiger partial charge on any atom is -0.454 e. The highest BCUT2D eigenvalue weighted by atomic mass is 16.7. The second-order valence-electron chi connectivity index (χ2n) is 8.21. The van der Waals surface area contributed by atoms with Gasteiger partial charge in [-0.25, -0.2) is 4.98 Å². The van der Waals surface area contributed by atoms with Gasteiger partial charge in [-0.3, -0.25) is 14.9 Å². The first-order valence-electron chi connectivity index (χ1n) is 11.0. The molecule has 0 radical (unpaired) electrons. The zero-order valence-electron chi connectivity index (χ0n) is 18.6. The number of rotatable bonds is 4. The molecule has 8 nitrogen and oxygen atoms in total. The molecule has 36 heavy (non-hydrogen) atoms. The quantitative estimate of drug-likeness (QED) is 0.245. The summed E-state index contributed by atoms with van der Waals surface area (Å²) in [6.45, 7) is 0.0971. The number of nitro benzene ring substituents is 1. The van der Waals surface area contributed by atoms with Gasteiger partial charge in [0.15, 0.2) is 17.3 Å². The third-order valence-corrected chi connectivity index (χ3v) is 6.17. The van der Waals surface area contributed by atoms with Crippen molar-refractivity contribution in [3.63, 3.8) is 0 Å². The lowest BCUT2D eigenvalue weighted by Crippen LogP contribution is -2.04. The van der Waals surface area contributed by atoms with Gasteiger partial charge in [0.05, 0.1) is 27.4 Å². The maximum Gasteiger partial charge on any atom is 0.270 e. The molecule has 0 N–H and O–H groups in total. The lowest BCUT2D eigenvalue weighted by molar-refractivity contribution is -0.384. The van der Waals surface area contributed by atoms with E-state index in [-0.39, 0.29) is 23.8 Å². The van der Waals surface area contributed by atoms with Crippen molar-refractivity contribution in [3.05, 3.63) is 105 Å². The molecule has 0 atom stereocenters. The number of nitrogens with zero attached hydrogens (tertiary/aromatic N) is 3. The van der Waals surface area contributed by atoms with Gasteiger partial charge in [0.25, 0.3) is 5.69 Å². The second-order valence-corrected chi connectivity index (χ2v) is 8.21. The van der Waals surface area contributed by atoms with Crippen LogP contribution in [0.2, 0.25) is 0 Å². The largest absolute Gasteiger partial charge is 0.454 e. The van der Waals surface area contributed by atoms with Crippen molar-refractivity contribution < 1.29 is 19.2 Å². The van der Waals surface area contributed by atoms with E-state index in [0.29, 0.717) is 56.3 Å². The van der Waals surface area contributed by atoms with Gasteiger partial charge in [-0.15, -0.1) is 0 Å². The van der Waals surface area contributed by atoms with E-state index >= 15 is 0 Å². The minimum atomic E-state index is -0.466. The Kier molecular flexibility index (Phi) is 4.83. The van der Waals surface area contributed by atoms with Crippen LogP contribution in [0.15, 0.2) is 66.7 Å². The summed E-state index contributed by atoms with van der Waals surface area (Å²) < 4.78 is 11.0.